The van der Waals surface area contributed by atoms with E-state index in [-0.39, 0.29) is 24.9 Å². The zero-order chi connectivity index (χ0) is 28.6. The van der Waals surface area contributed by atoms with Crippen molar-refractivity contribution < 1.29 is 33.0 Å². The quantitative estimate of drug-likeness (QED) is 0.326. The summed E-state index contributed by atoms with van der Waals surface area (Å²) in [5, 5.41) is 0. The van der Waals surface area contributed by atoms with Crippen molar-refractivity contribution in [2.24, 2.45) is 0 Å². The minimum absolute atomic E-state index is 0.121. The van der Waals surface area contributed by atoms with Crippen LogP contribution in [0.25, 0.3) is 0 Å². The van der Waals surface area contributed by atoms with Crippen LogP contribution in [-0.4, -0.2) is 68.7 Å². The number of methoxy groups -OCH3 is 4. The van der Waals surface area contributed by atoms with Crippen LogP contribution in [0.3, 0.4) is 0 Å². The van der Waals surface area contributed by atoms with Crippen LogP contribution in [0.2, 0.25) is 0 Å². The summed E-state index contributed by atoms with van der Waals surface area (Å²) in [6.07, 6.45) is 2.15. The summed E-state index contributed by atoms with van der Waals surface area (Å²) < 4.78 is 27.0. The Morgan fingerprint density at radius 1 is 0.846 bits per heavy atom. The number of furan rings is 1. The number of hydrogen-bond donors (Lipinski definition) is 0. The molecule has 0 aliphatic rings. The number of nitrogens with zero attached hydrogens (tertiary/aromatic N) is 2. The summed E-state index contributed by atoms with van der Waals surface area (Å²) in [4.78, 5) is 30.8. The minimum atomic E-state index is -0.641. The van der Waals surface area contributed by atoms with E-state index in [1.54, 1.807) is 61.7 Å². The van der Waals surface area contributed by atoms with Gasteiger partial charge in [0, 0.05) is 18.2 Å². The Balaban J connectivity index is 1.85. The monoisotopic (exact) mass is 538 g/mol. The molecule has 0 bridgehead atoms. The van der Waals surface area contributed by atoms with Crippen LogP contribution in [0, 0.1) is 0 Å². The van der Waals surface area contributed by atoms with Crippen molar-refractivity contribution >= 4 is 11.8 Å². The van der Waals surface area contributed by atoms with E-state index in [0.717, 1.165) is 5.56 Å². The fourth-order valence-corrected chi connectivity index (χ4v) is 4.15. The van der Waals surface area contributed by atoms with Gasteiger partial charge < -0.3 is 33.2 Å². The van der Waals surface area contributed by atoms with E-state index in [2.05, 4.69) is 0 Å². The van der Waals surface area contributed by atoms with Crippen LogP contribution in [0.15, 0.2) is 59.2 Å². The van der Waals surface area contributed by atoms with Gasteiger partial charge in [-0.05, 0) is 69.2 Å². The van der Waals surface area contributed by atoms with Crippen LogP contribution in [0.1, 0.15) is 42.5 Å². The Kier molecular flexibility index (Phi) is 9.87. The maximum atomic E-state index is 13.8. The summed E-state index contributed by atoms with van der Waals surface area (Å²) in [6, 6.07) is 14.3. The van der Waals surface area contributed by atoms with Gasteiger partial charge in [0.1, 0.15) is 23.8 Å². The predicted octanol–water partition coefficient (Wildman–Crippen LogP) is 4.83. The first kappa shape index (κ1) is 29.4. The molecule has 3 rings (SSSR count). The molecule has 1 heterocycles. The first-order valence-electron chi connectivity index (χ1n) is 12.7. The zero-order valence-corrected chi connectivity index (χ0v) is 23.8. The maximum absolute atomic E-state index is 13.8. The fourth-order valence-electron chi connectivity index (χ4n) is 4.15. The normalized spacial score (nSPS) is 11.1. The number of benzene rings is 2. The van der Waals surface area contributed by atoms with Crippen LogP contribution in [0.5, 0.6) is 23.0 Å². The van der Waals surface area contributed by atoms with Crippen molar-refractivity contribution in [2.75, 3.05) is 41.5 Å². The van der Waals surface area contributed by atoms with Gasteiger partial charge in [-0.3, -0.25) is 9.59 Å². The lowest BCUT2D eigenvalue weighted by Crippen LogP contribution is -2.51. The summed E-state index contributed by atoms with van der Waals surface area (Å²) in [5.41, 5.74) is 0.692. The molecule has 3 aromatic rings. The highest BCUT2D eigenvalue weighted by Gasteiger charge is 2.32. The molecule has 1 aromatic heterocycles. The minimum Gasteiger partial charge on any atom is -0.497 e. The van der Waals surface area contributed by atoms with Gasteiger partial charge in [-0.2, -0.15) is 0 Å². The van der Waals surface area contributed by atoms with Crippen molar-refractivity contribution in [2.45, 2.75) is 39.3 Å². The highest BCUT2D eigenvalue weighted by atomic mass is 16.5. The van der Waals surface area contributed by atoms with E-state index in [4.69, 9.17) is 23.4 Å². The van der Waals surface area contributed by atoms with E-state index in [1.165, 1.54) is 7.11 Å². The Hall–Kier alpha value is -4.14. The Labute approximate surface area is 230 Å². The molecule has 0 saturated heterocycles. The number of rotatable bonds is 12. The molecule has 0 saturated carbocycles. The molecular formula is C30H38N2O7. The number of carbonyl (C=O) groups excluding carboxylic acids is 2. The van der Waals surface area contributed by atoms with Crippen LogP contribution >= 0.6 is 0 Å². The zero-order valence-electron chi connectivity index (χ0n) is 23.8. The molecular weight excluding hydrogens is 500 g/mol. The third kappa shape index (κ3) is 7.46. The van der Waals surface area contributed by atoms with E-state index >= 15 is 0 Å². The van der Waals surface area contributed by atoms with Gasteiger partial charge in [0.15, 0.2) is 11.5 Å². The highest BCUT2D eigenvalue weighted by Crippen LogP contribution is 2.29. The van der Waals surface area contributed by atoms with Crippen molar-refractivity contribution in [3.05, 3.63) is 71.7 Å². The maximum Gasteiger partial charge on any atom is 0.258 e. The van der Waals surface area contributed by atoms with Crippen LogP contribution in [0.4, 0.5) is 0 Å². The molecule has 0 atom stereocenters. The van der Waals surface area contributed by atoms with Crippen molar-refractivity contribution in [3.63, 3.8) is 0 Å². The van der Waals surface area contributed by atoms with Gasteiger partial charge in [0.05, 0.1) is 46.8 Å². The van der Waals surface area contributed by atoms with E-state index in [1.807, 2.05) is 45.0 Å². The second-order valence-electron chi connectivity index (χ2n) is 9.96. The van der Waals surface area contributed by atoms with E-state index < -0.39 is 5.54 Å². The lowest BCUT2D eigenvalue weighted by molar-refractivity contribution is -0.133. The van der Waals surface area contributed by atoms with Crippen molar-refractivity contribution in [1.29, 1.82) is 0 Å². The molecule has 2 aromatic carbocycles. The molecule has 0 radical (unpaired) electrons. The standard InChI is InChI=1S/C30H38N2O7/c1-30(2,3)32(29(34)24-12-11-22(35-4)18-26(24)37-6)20-28(33)31(19-23-9-8-16-39-23)15-14-21-10-13-25(36-5)27(17-21)38-7/h8-13,16-18H,14-15,19-20H2,1-7H3. The van der Waals surface area contributed by atoms with Crippen molar-refractivity contribution in [3.8, 4) is 23.0 Å². The third-order valence-corrected chi connectivity index (χ3v) is 6.39. The van der Waals surface area contributed by atoms with Gasteiger partial charge in [0.25, 0.3) is 5.91 Å². The molecule has 0 fully saturated rings. The lowest BCUT2D eigenvalue weighted by Gasteiger charge is -2.37. The smallest absolute Gasteiger partial charge is 0.258 e. The van der Waals surface area contributed by atoms with Gasteiger partial charge in [0.2, 0.25) is 5.91 Å². The van der Waals surface area contributed by atoms with Gasteiger partial charge in [-0.15, -0.1) is 0 Å². The average Bonchev–Trinajstić information content (AvgIpc) is 3.45. The molecule has 39 heavy (non-hydrogen) atoms. The van der Waals surface area contributed by atoms with E-state index in [9.17, 15) is 9.59 Å². The third-order valence-electron chi connectivity index (χ3n) is 6.39. The second kappa shape index (κ2) is 13.1. The Morgan fingerprint density at radius 2 is 1.56 bits per heavy atom. The SMILES string of the molecule is COc1ccc(C(=O)N(CC(=O)N(CCc2ccc(OC)c(OC)c2)Cc2ccco2)C(C)(C)C)c(OC)c1. The topological polar surface area (TPSA) is 90.7 Å². The average molecular weight is 539 g/mol. The Bertz CT molecular complexity index is 1250. The summed E-state index contributed by atoms with van der Waals surface area (Å²) in [7, 11) is 6.22. The predicted molar refractivity (Wildman–Crippen MR) is 148 cm³/mol. The number of amides is 2. The van der Waals surface area contributed by atoms with E-state index in [0.29, 0.717) is 47.3 Å². The number of hydrogen-bond acceptors (Lipinski definition) is 7. The molecule has 0 aliphatic heterocycles. The van der Waals surface area contributed by atoms with Gasteiger partial charge >= 0.3 is 0 Å². The summed E-state index contributed by atoms with van der Waals surface area (Å²) >= 11 is 0. The molecule has 0 spiro atoms. The van der Waals surface area contributed by atoms with Gasteiger partial charge in [-0.1, -0.05) is 6.07 Å². The molecule has 0 N–H and O–H groups in total. The molecule has 0 aliphatic carbocycles. The largest absolute Gasteiger partial charge is 0.497 e. The molecule has 9 heteroatoms. The first-order valence-corrected chi connectivity index (χ1v) is 12.7. The van der Waals surface area contributed by atoms with Crippen LogP contribution in [-0.2, 0) is 17.8 Å². The lowest BCUT2D eigenvalue weighted by atomic mass is 10.0. The fraction of sp³-hybridized carbons (Fsp3) is 0.400. The van der Waals surface area contributed by atoms with Crippen LogP contribution < -0.4 is 18.9 Å². The number of carbonyl (C=O) groups is 2. The molecule has 210 valence electrons. The van der Waals surface area contributed by atoms with Crippen molar-refractivity contribution in [1.82, 2.24) is 9.80 Å². The first-order chi connectivity index (χ1) is 18.6. The second-order valence-corrected chi connectivity index (χ2v) is 9.96. The summed E-state index contributed by atoms with van der Waals surface area (Å²) in [6.45, 7) is 6.26. The molecule has 0 unspecified atom stereocenters. The molecule has 2 amide bonds. The Morgan fingerprint density at radius 3 is 2.15 bits per heavy atom. The number of ether oxygens (including phenoxy) is 4. The highest BCUT2D eigenvalue weighted by molar-refractivity contribution is 5.99. The summed E-state index contributed by atoms with van der Waals surface area (Å²) in [5.74, 6) is 2.34. The molecule has 9 nitrogen and oxygen atoms in total. The van der Waals surface area contributed by atoms with Gasteiger partial charge in [-0.25, -0.2) is 0 Å².